The van der Waals surface area contributed by atoms with Crippen LogP contribution >= 0.6 is 0 Å². The van der Waals surface area contributed by atoms with E-state index in [1.54, 1.807) is 12.2 Å². The van der Waals surface area contributed by atoms with E-state index in [1.165, 1.54) is 5.56 Å². The van der Waals surface area contributed by atoms with Crippen molar-refractivity contribution in [3.63, 3.8) is 0 Å². The molecule has 0 fully saturated rings. The van der Waals surface area contributed by atoms with E-state index in [0.717, 1.165) is 28.4 Å². The van der Waals surface area contributed by atoms with Crippen LogP contribution in [0.2, 0.25) is 0 Å². The van der Waals surface area contributed by atoms with Gasteiger partial charge in [-0.1, -0.05) is 63.3 Å². The molecular weight excluding hydrogens is 322 g/mol. The van der Waals surface area contributed by atoms with Crippen LogP contribution in [0, 0.1) is 5.41 Å². The minimum Gasteiger partial charge on any atom is -0.456 e. The minimum atomic E-state index is -0.0594. The van der Waals surface area contributed by atoms with Crippen LogP contribution in [0.1, 0.15) is 26.3 Å². The maximum Gasteiger partial charge on any atom is 0.243 e. The highest BCUT2D eigenvalue weighted by atomic mass is 16.3. The highest BCUT2D eigenvalue weighted by Gasteiger charge is 2.10. The van der Waals surface area contributed by atoms with E-state index in [2.05, 4.69) is 50.4 Å². The topological polar surface area (TPSA) is 42.2 Å². The van der Waals surface area contributed by atoms with Crippen molar-refractivity contribution in [1.82, 2.24) is 5.32 Å². The fraction of sp³-hybridized carbons (Fsp3) is 0.261. The molecule has 1 N–H and O–H groups in total. The molecule has 0 spiro atoms. The van der Waals surface area contributed by atoms with Gasteiger partial charge in [0.25, 0.3) is 0 Å². The number of nitrogens with one attached hydrogen (secondary N) is 1. The first-order valence-corrected chi connectivity index (χ1v) is 8.94. The summed E-state index contributed by atoms with van der Waals surface area (Å²) in [6, 6.07) is 14.4. The first-order chi connectivity index (χ1) is 12.4. The molecule has 0 aliphatic heterocycles. The van der Waals surface area contributed by atoms with Crippen molar-refractivity contribution >= 4 is 27.8 Å². The molecule has 3 rings (SSSR count). The number of hydrogen-bond donors (Lipinski definition) is 1. The Morgan fingerprint density at radius 1 is 1.04 bits per heavy atom. The number of hydrogen-bond acceptors (Lipinski definition) is 2. The fourth-order valence-corrected chi connectivity index (χ4v) is 2.74. The lowest BCUT2D eigenvalue weighted by Crippen LogP contribution is -2.30. The van der Waals surface area contributed by atoms with Gasteiger partial charge in [-0.2, -0.15) is 0 Å². The Hall–Kier alpha value is -2.81. The SMILES string of the molecule is CC(C)(C)CNC(=O)/C=C/C=C/Cc1ccc2oc3ccccc3c2c1. The van der Waals surface area contributed by atoms with Gasteiger partial charge in [-0.15, -0.1) is 0 Å². The van der Waals surface area contributed by atoms with Crippen molar-refractivity contribution < 1.29 is 9.21 Å². The molecule has 26 heavy (non-hydrogen) atoms. The van der Waals surface area contributed by atoms with Crippen LogP contribution in [-0.2, 0) is 11.2 Å². The van der Waals surface area contributed by atoms with Gasteiger partial charge in [-0.25, -0.2) is 0 Å². The first-order valence-electron chi connectivity index (χ1n) is 8.94. The summed E-state index contributed by atoms with van der Waals surface area (Å²) < 4.78 is 5.85. The van der Waals surface area contributed by atoms with Crippen LogP contribution < -0.4 is 5.32 Å². The number of carbonyl (C=O) groups excluding carboxylic acids is 1. The molecular formula is C23H25NO2. The van der Waals surface area contributed by atoms with E-state index in [1.807, 2.05) is 30.3 Å². The lowest BCUT2D eigenvalue weighted by molar-refractivity contribution is -0.116. The van der Waals surface area contributed by atoms with Gasteiger partial charge in [0.2, 0.25) is 5.91 Å². The smallest absolute Gasteiger partial charge is 0.243 e. The Balaban J connectivity index is 1.61. The molecule has 3 heteroatoms. The maximum atomic E-state index is 11.7. The zero-order valence-electron chi connectivity index (χ0n) is 15.6. The normalized spacial score (nSPS) is 12.6. The number of rotatable bonds is 5. The van der Waals surface area contributed by atoms with Crippen LogP contribution in [0.15, 0.2) is 71.2 Å². The Kier molecular flexibility index (Phi) is 5.27. The molecule has 1 aromatic heterocycles. The second-order valence-electron chi connectivity index (χ2n) is 7.70. The van der Waals surface area contributed by atoms with Crippen LogP contribution in [0.5, 0.6) is 0 Å². The third-order valence-corrected chi connectivity index (χ3v) is 4.08. The molecule has 0 atom stereocenters. The van der Waals surface area contributed by atoms with E-state index < -0.39 is 0 Å². The van der Waals surface area contributed by atoms with Gasteiger partial charge in [0.15, 0.2) is 0 Å². The average Bonchev–Trinajstić information content (AvgIpc) is 2.97. The highest BCUT2D eigenvalue weighted by molar-refractivity contribution is 6.04. The summed E-state index contributed by atoms with van der Waals surface area (Å²) in [7, 11) is 0. The quantitative estimate of drug-likeness (QED) is 0.496. The van der Waals surface area contributed by atoms with Gasteiger partial charge in [-0.3, -0.25) is 4.79 Å². The van der Waals surface area contributed by atoms with E-state index in [0.29, 0.717) is 6.54 Å². The van der Waals surface area contributed by atoms with E-state index in [-0.39, 0.29) is 11.3 Å². The molecule has 1 heterocycles. The van der Waals surface area contributed by atoms with Crippen molar-refractivity contribution in [2.75, 3.05) is 6.54 Å². The predicted octanol–water partition coefficient (Wildman–Crippen LogP) is 5.40. The summed E-state index contributed by atoms with van der Waals surface area (Å²) in [6.07, 6.45) is 8.12. The largest absolute Gasteiger partial charge is 0.456 e. The number of fused-ring (bicyclic) bond motifs is 3. The Morgan fingerprint density at radius 3 is 2.62 bits per heavy atom. The average molecular weight is 347 g/mol. The molecule has 0 bridgehead atoms. The highest BCUT2D eigenvalue weighted by Crippen LogP contribution is 2.29. The molecule has 0 aliphatic carbocycles. The number of carbonyl (C=O) groups is 1. The predicted molar refractivity (Wildman–Crippen MR) is 108 cm³/mol. The van der Waals surface area contributed by atoms with Gasteiger partial charge in [0.1, 0.15) is 11.2 Å². The van der Waals surface area contributed by atoms with Crippen molar-refractivity contribution in [2.45, 2.75) is 27.2 Å². The van der Waals surface area contributed by atoms with E-state index in [9.17, 15) is 4.79 Å². The van der Waals surface area contributed by atoms with E-state index in [4.69, 9.17) is 4.42 Å². The van der Waals surface area contributed by atoms with Crippen LogP contribution in [-0.4, -0.2) is 12.5 Å². The molecule has 0 radical (unpaired) electrons. The van der Waals surface area contributed by atoms with Gasteiger partial charge in [0, 0.05) is 23.4 Å². The lowest BCUT2D eigenvalue weighted by atomic mass is 9.97. The molecule has 1 amide bonds. The third kappa shape index (κ3) is 4.63. The zero-order valence-corrected chi connectivity index (χ0v) is 15.6. The fourth-order valence-electron chi connectivity index (χ4n) is 2.74. The number of para-hydroxylation sites is 1. The third-order valence-electron chi connectivity index (χ3n) is 4.08. The van der Waals surface area contributed by atoms with Crippen molar-refractivity contribution in [1.29, 1.82) is 0 Å². The Morgan fingerprint density at radius 2 is 1.81 bits per heavy atom. The summed E-state index contributed by atoms with van der Waals surface area (Å²) in [5.41, 5.74) is 3.13. The number of amides is 1. The number of furan rings is 1. The molecule has 3 nitrogen and oxygen atoms in total. The molecule has 0 saturated heterocycles. The van der Waals surface area contributed by atoms with Crippen LogP contribution in [0.4, 0.5) is 0 Å². The summed E-state index contributed by atoms with van der Waals surface area (Å²) in [5, 5.41) is 5.18. The van der Waals surface area contributed by atoms with Crippen LogP contribution in [0.25, 0.3) is 21.9 Å². The molecule has 0 aliphatic rings. The Bertz CT molecular complexity index is 971. The summed E-state index contributed by atoms with van der Waals surface area (Å²) in [6.45, 7) is 6.95. The Labute approximate surface area is 154 Å². The standard InChI is InChI=1S/C23H25NO2/c1-23(2,3)16-24-22(25)12-6-4-5-9-17-13-14-21-19(15-17)18-10-7-8-11-20(18)26-21/h4-8,10-15H,9,16H2,1-3H3,(H,24,25)/b5-4+,12-6+. The zero-order chi connectivity index (χ0) is 18.6. The molecule has 134 valence electrons. The van der Waals surface area contributed by atoms with Gasteiger partial charge in [-0.05, 0) is 35.6 Å². The monoisotopic (exact) mass is 347 g/mol. The second kappa shape index (κ2) is 7.61. The molecule has 0 unspecified atom stereocenters. The molecule has 2 aromatic carbocycles. The van der Waals surface area contributed by atoms with Crippen molar-refractivity contribution in [3.8, 4) is 0 Å². The summed E-state index contributed by atoms with van der Waals surface area (Å²) in [4.78, 5) is 11.7. The summed E-state index contributed by atoms with van der Waals surface area (Å²) in [5.74, 6) is -0.0594. The first kappa shape index (κ1) is 18.0. The molecule has 0 saturated carbocycles. The van der Waals surface area contributed by atoms with Crippen molar-refractivity contribution in [2.24, 2.45) is 5.41 Å². The van der Waals surface area contributed by atoms with Crippen molar-refractivity contribution in [3.05, 3.63) is 72.3 Å². The van der Waals surface area contributed by atoms with Gasteiger partial charge >= 0.3 is 0 Å². The maximum absolute atomic E-state index is 11.7. The van der Waals surface area contributed by atoms with Gasteiger partial charge in [0.05, 0.1) is 0 Å². The number of benzene rings is 2. The van der Waals surface area contributed by atoms with Gasteiger partial charge < -0.3 is 9.73 Å². The molecule has 3 aromatic rings. The number of allylic oxidation sites excluding steroid dienone is 3. The lowest BCUT2D eigenvalue weighted by Gasteiger charge is -2.17. The van der Waals surface area contributed by atoms with Crippen LogP contribution in [0.3, 0.4) is 0 Å². The minimum absolute atomic E-state index is 0.0594. The second-order valence-corrected chi connectivity index (χ2v) is 7.70. The summed E-state index contributed by atoms with van der Waals surface area (Å²) >= 11 is 0. The van der Waals surface area contributed by atoms with E-state index >= 15 is 0 Å².